The molecule has 5 nitrogen and oxygen atoms in total. The Kier molecular flexibility index (Phi) is 5.90. The summed E-state index contributed by atoms with van der Waals surface area (Å²) in [6, 6.07) is 22.5. The Morgan fingerprint density at radius 2 is 1.25 bits per heavy atom. The number of nitrogens with zero attached hydrogens (tertiary/aromatic N) is 1. The van der Waals surface area contributed by atoms with E-state index in [9.17, 15) is 8.42 Å². The Hall–Kier alpha value is -2.99. The molecule has 0 N–H and O–H groups in total. The highest BCUT2D eigenvalue weighted by molar-refractivity contribution is 7.92. The van der Waals surface area contributed by atoms with Crippen molar-refractivity contribution in [2.45, 2.75) is 17.9 Å². The standard InChI is InChI=1S/C22H23NO4S/c1-17(18-9-11-20(26-2)12-10-18)23(19-7-5-4-6-8-19)28(24,25)22-15-13-21(27-3)14-16-22/h4-17H,1-3H3. The van der Waals surface area contributed by atoms with Gasteiger partial charge in [0.05, 0.1) is 30.8 Å². The molecule has 0 fully saturated rings. The third kappa shape index (κ3) is 3.97. The molecule has 0 aliphatic rings. The molecule has 146 valence electrons. The summed E-state index contributed by atoms with van der Waals surface area (Å²) in [7, 11) is -0.648. The minimum absolute atomic E-state index is 0.206. The van der Waals surface area contributed by atoms with Crippen LogP contribution < -0.4 is 13.8 Å². The van der Waals surface area contributed by atoms with Crippen molar-refractivity contribution in [1.29, 1.82) is 0 Å². The topological polar surface area (TPSA) is 55.8 Å². The number of benzene rings is 3. The second-order valence-electron chi connectivity index (χ2n) is 6.26. The third-order valence-corrected chi connectivity index (χ3v) is 6.49. The fraction of sp³-hybridized carbons (Fsp3) is 0.182. The number of rotatable bonds is 7. The monoisotopic (exact) mass is 397 g/mol. The van der Waals surface area contributed by atoms with Crippen molar-refractivity contribution in [2.24, 2.45) is 0 Å². The van der Waals surface area contributed by atoms with Crippen LogP contribution in [0.15, 0.2) is 83.8 Å². The molecule has 0 aliphatic heterocycles. The largest absolute Gasteiger partial charge is 0.497 e. The fourth-order valence-corrected chi connectivity index (χ4v) is 4.67. The minimum atomic E-state index is -3.80. The third-order valence-electron chi connectivity index (χ3n) is 4.58. The first-order chi connectivity index (χ1) is 13.5. The highest BCUT2D eigenvalue weighted by Gasteiger charge is 2.30. The van der Waals surface area contributed by atoms with E-state index in [0.29, 0.717) is 11.4 Å². The van der Waals surface area contributed by atoms with Gasteiger partial charge in [0.2, 0.25) is 0 Å². The molecule has 3 aromatic rings. The maximum Gasteiger partial charge on any atom is 0.264 e. The second kappa shape index (κ2) is 8.35. The van der Waals surface area contributed by atoms with Gasteiger partial charge in [0.25, 0.3) is 10.0 Å². The summed E-state index contributed by atoms with van der Waals surface area (Å²) in [6.07, 6.45) is 0. The van der Waals surface area contributed by atoms with Crippen molar-refractivity contribution in [2.75, 3.05) is 18.5 Å². The van der Waals surface area contributed by atoms with E-state index in [1.165, 1.54) is 4.31 Å². The van der Waals surface area contributed by atoms with Crippen molar-refractivity contribution in [3.05, 3.63) is 84.4 Å². The zero-order valence-electron chi connectivity index (χ0n) is 16.1. The van der Waals surface area contributed by atoms with Crippen LogP contribution in [0.3, 0.4) is 0 Å². The predicted molar refractivity (Wildman–Crippen MR) is 111 cm³/mol. The summed E-state index contributed by atoms with van der Waals surface area (Å²) in [5.74, 6) is 1.33. The van der Waals surface area contributed by atoms with Gasteiger partial charge >= 0.3 is 0 Å². The molecule has 1 unspecified atom stereocenters. The average molecular weight is 397 g/mol. The summed E-state index contributed by atoms with van der Waals surface area (Å²) in [4.78, 5) is 0.206. The van der Waals surface area contributed by atoms with Crippen molar-refractivity contribution in [3.63, 3.8) is 0 Å². The van der Waals surface area contributed by atoms with Crippen LogP contribution in [0.1, 0.15) is 18.5 Å². The summed E-state index contributed by atoms with van der Waals surface area (Å²) < 4.78 is 38.9. The quantitative estimate of drug-likeness (QED) is 0.582. The Labute approximate surface area is 166 Å². The van der Waals surface area contributed by atoms with Crippen LogP contribution in [0.4, 0.5) is 5.69 Å². The molecular formula is C22H23NO4S. The van der Waals surface area contributed by atoms with Crippen molar-refractivity contribution in [1.82, 2.24) is 0 Å². The smallest absolute Gasteiger partial charge is 0.264 e. The van der Waals surface area contributed by atoms with E-state index in [0.717, 1.165) is 11.3 Å². The van der Waals surface area contributed by atoms with Crippen LogP contribution in [0.25, 0.3) is 0 Å². The molecule has 0 saturated carbocycles. The molecule has 0 heterocycles. The molecule has 0 amide bonds. The molecule has 0 bridgehead atoms. The number of methoxy groups -OCH3 is 2. The lowest BCUT2D eigenvalue weighted by atomic mass is 10.1. The van der Waals surface area contributed by atoms with Crippen molar-refractivity contribution < 1.29 is 17.9 Å². The predicted octanol–water partition coefficient (Wildman–Crippen LogP) is 4.66. The van der Waals surface area contributed by atoms with Gasteiger partial charge in [0, 0.05) is 0 Å². The number of hydrogen-bond donors (Lipinski definition) is 0. The molecule has 3 rings (SSSR count). The fourth-order valence-electron chi connectivity index (χ4n) is 3.02. The second-order valence-corrected chi connectivity index (χ2v) is 8.08. The van der Waals surface area contributed by atoms with E-state index >= 15 is 0 Å². The average Bonchev–Trinajstić information content (AvgIpc) is 2.74. The zero-order valence-corrected chi connectivity index (χ0v) is 16.9. The molecular weight excluding hydrogens is 374 g/mol. The van der Waals surface area contributed by atoms with E-state index in [1.807, 2.05) is 49.4 Å². The van der Waals surface area contributed by atoms with Gasteiger partial charge < -0.3 is 9.47 Å². The van der Waals surface area contributed by atoms with E-state index in [-0.39, 0.29) is 4.90 Å². The van der Waals surface area contributed by atoms with Crippen LogP contribution >= 0.6 is 0 Å². The summed E-state index contributed by atoms with van der Waals surface area (Å²) in [6.45, 7) is 1.87. The van der Waals surface area contributed by atoms with E-state index in [2.05, 4.69) is 0 Å². The Balaban J connectivity index is 2.07. The van der Waals surface area contributed by atoms with Gasteiger partial charge in [-0.2, -0.15) is 0 Å². The van der Waals surface area contributed by atoms with Crippen LogP contribution in [0, 0.1) is 0 Å². The Bertz CT molecular complexity index is 1000. The lowest BCUT2D eigenvalue weighted by Gasteiger charge is -2.31. The van der Waals surface area contributed by atoms with E-state index < -0.39 is 16.1 Å². The Morgan fingerprint density at radius 3 is 1.75 bits per heavy atom. The lowest BCUT2D eigenvalue weighted by Crippen LogP contribution is -2.33. The molecule has 6 heteroatoms. The summed E-state index contributed by atoms with van der Waals surface area (Å²) >= 11 is 0. The normalized spacial score (nSPS) is 12.2. The molecule has 0 spiro atoms. The van der Waals surface area contributed by atoms with Gasteiger partial charge in [-0.3, -0.25) is 4.31 Å². The number of anilines is 1. The SMILES string of the molecule is COc1ccc(C(C)N(c2ccccc2)S(=O)(=O)c2ccc(OC)cc2)cc1. The highest BCUT2D eigenvalue weighted by Crippen LogP contribution is 2.34. The van der Waals surface area contributed by atoms with Gasteiger partial charge in [-0.05, 0) is 61.0 Å². The highest BCUT2D eigenvalue weighted by atomic mass is 32.2. The van der Waals surface area contributed by atoms with Gasteiger partial charge in [-0.25, -0.2) is 8.42 Å². The molecule has 3 aromatic carbocycles. The molecule has 0 aliphatic carbocycles. The summed E-state index contributed by atoms with van der Waals surface area (Å²) in [5, 5.41) is 0. The van der Waals surface area contributed by atoms with E-state index in [1.54, 1.807) is 50.6 Å². The molecule has 28 heavy (non-hydrogen) atoms. The number of hydrogen-bond acceptors (Lipinski definition) is 4. The molecule has 0 radical (unpaired) electrons. The van der Waals surface area contributed by atoms with E-state index in [4.69, 9.17) is 9.47 Å². The molecule has 0 aromatic heterocycles. The lowest BCUT2D eigenvalue weighted by molar-refractivity contribution is 0.414. The Morgan fingerprint density at radius 1 is 0.750 bits per heavy atom. The molecule has 0 saturated heterocycles. The van der Waals surface area contributed by atoms with Crippen LogP contribution in [-0.2, 0) is 10.0 Å². The first kappa shape index (κ1) is 19.8. The number of para-hydroxylation sites is 1. The van der Waals surface area contributed by atoms with Gasteiger partial charge in [0.1, 0.15) is 11.5 Å². The van der Waals surface area contributed by atoms with Crippen molar-refractivity contribution in [3.8, 4) is 11.5 Å². The maximum absolute atomic E-state index is 13.5. The molecule has 1 atom stereocenters. The van der Waals surface area contributed by atoms with Gasteiger partial charge in [-0.15, -0.1) is 0 Å². The summed E-state index contributed by atoms with van der Waals surface area (Å²) in [5.41, 5.74) is 1.46. The first-order valence-electron chi connectivity index (χ1n) is 8.85. The zero-order chi connectivity index (χ0) is 20.1. The van der Waals surface area contributed by atoms with Gasteiger partial charge in [0.15, 0.2) is 0 Å². The minimum Gasteiger partial charge on any atom is -0.497 e. The van der Waals surface area contributed by atoms with Crippen molar-refractivity contribution >= 4 is 15.7 Å². The maximum atomic E-state index is 13.5. The van der Waals surface area contributed by atoms with Crippen LogP contribution in [0.2, 0.25) is 0 Å². The number of ether oxygens (including phenoxy) is 2. The van der Waals surface area contributed by atoms with Crippen LogP contribution in [0.5, 0.6) is 11.5 Å². The van der Waals surface area contributed by atoms with Gasteiger partial charge in [-0.1, -0.05) is 30.3 Å². The van der Waals surface area contributed by atoms with Crippen LogP contribution in [-0.4, -0.2) is 22.6 Å². The first-order valence-corrected chi connectivity index (χ1v) is 10.3. The number of sulfonamides is 1.